The van der Waals surface area contributed by atoms with Crippen LogP contribution >= 0.6 is 24.0 Å². The Morgan fingerprint density at radius 2 is 1.97 bits per heavy atom. The first-order chi connectivity index (χ1) is 14.0. The predicted octanol–water partition coefficient (Wildman–Crippen LogP) is 3.69. The summed E-state index contributed by atoms with van der Waals surface area (Å²) >= 11 is 6.67. The minimum atomic E-state index is -0.216. The number of thiocarbonyl (C=S) groups is 1. The van der Waals surface area contributed by atoms with Crippen molar-refractivity contribution in [2.75, 3.05) is 24.2 Å². The van der Waals surface area contributed by atoms with Crippen LogP contribution in [0.1, 0.15) is 47.8 Å². The fraction of sp³-hybridized carbons (Fsp3) is 0.381. The molecule has 152 valence electrons. The van der Waals surface area contributed by atoms with E-state index in [0.29, 0.717) is 28.4 Å². The molecule has 6 nitrogen and oxygen atoms in total. The Kier molecular flexibility index (Phi) is 7.33. The summed E-state index contributed by atoms with van der Waals surface area (Å²) in [6.07, 6.45) is 2.62. The Morgan fingerprint density at radius 1 is 1.24 bits per heavy atom. The van der Waals surface area contributed by atoms with Crippen LogP contribution in [0.4, 0.5) is 5.95 Å². The van der Waals surface area contributed by atoms with E-state index >= 15 is 0 Å². The lowest BCUT2D eigenvalue weighted by Crippen LogP contribution is -2.28. The summed E-state index contributed by atoms with van der Waals surface area (Å²) in [6, 6.07) is 9.97. The molecule has 0 saturated heterocycles. The lowest BCUT2D eigenvalue weighted by Gasteiger charge is -2.23. The maximum Gasteiger partial charge on any atom is 0.237 e. The van der Waals surface area contributed by atoms with Crippen LogP contribution in [0.5, 0.6) is 0 Å². The molecule has 8 heteroatoms. The number of hydrogen-bond acceptors (Lipinski definition) is 6. The minimum absolute atomic E-state index is 0.0399. The largest absolute Gasteiger partial charge is 0.358 e. The zero-order chi connectivity index (χ0) is 20.8. The van der Waals surface area contributed by atoms with E-state index in [1.165, 1.54) is 18.0 Å². The third-order valence-electron chi connectivity index (χ3n) is 4.91. The number of ketones is 1. The van der Waals surface area contributed by atoms with Crippen LogP contribution in [-0.2, 0) is 11.2 Å². The molecule has 1 atom stereocenters. The number of aromatic nitrogens is 2. The highest BCUT2D eigenvalue weighted by molar-refractivity contribution is 8.23. The number of nitrogens with zero attached hydrogens (tertiary/aromatic N) is 3. The molecule has 0 radical (unpaired) electrons. The van der Waals surface area contributed by atoms with Gasteiger partial charge in [-0.15, -0.1) is 0 Å². The molecule has 1 aromatic heterocycles. The predicted molar refractivity (Wildman–Crippen MR) is 120 cm³/mol. The zero-order valence-electron chi connectivity index (χ0n) is 16.6. The van der Waals surface area contributed by atoms with E-state index < -0.39 is 0 Å². The average molecular weight is 429 g/mol. The fourth-order valence-electron chi connectivity index (χ4n) is 3.33. The fourth-order valence-corrected chi connectivity index (χ4v) is 4.53. The van der Waals surface area contributed by atoms with Gasteiger partial charge in [-0.05, 0) is 31.7 Å². The summed E-state index contributed by atoms with van der Waals surface area (Å²) < 4.78 is 0.702. The molecule has 0 saturated carbocycles. The smallest absolute Gasteiger partial charge is 0.237 e. The monoisotopic (exact) mass is 428 g/mol. The molecule has 1 heterocycles. The SMILES string of the molecule is CCN(CC)C(=S)SCC(=O)Nc1ncc2c(n1)CC(c1ccccc1)CC2=O. The van der Waals surface area contributed by atoms with Crippen molar-refractivity contribution in [3.63, 3.8) is 0 Å². The summed E-state index contributed by atoms with van der Waals surface area (Å²) in [7, 11) is 0. The van der Waals surface area contributed by atoms with Crippen LogP contribution in [0.2, 0.25) is 0 Å². The molecule has 1 N–H and O–H groups in total. The average Bonchev–Trinajstić information content (AvgIpc) is 2.73. The van der Waals surface area contributed by atoms with Gasteiger partial charge in [0.25, 0.3) is 0 Å². The van der Waals surface area contributed by atoms with Crippen LogP contribution in [0.25, 0.3) is 0 Å². The van der Waals surface area contributed by atoms with Crippen molar-refractivity contribution in [1.29, 1.82) is 0 Å². The van der Waals surface area contributed by atoms with Gasteiger partial charge >= 0.3 is 0 Å². The molecule has 1 aliphatic rings. The summed E-state index contributed by atoms with van der Waals surface area (Å²) in [4.78, 5) is 35.4. The number of hydrogen-bond donors (Lipinski definition) is 1. The van der Waals surface area contributed by atoms with Crippen LogP contribution in [-0.4, -0.2) is 49.7 Å². The molecule has 0 bridgehead atoms. The Bertz CT molecular complexity index is 901. The highest BCUT2D eigenvalue weighted by Gasteiger charge is 2.28. The number of amides is 1. The van der Waals surface area contributed by atoms with E-state index in [1.807, 2.05) is 49.1 Å². The number of thioether (sulfide) groups is 1. The topological polar surface area (TPSA) is 75.2 Å². The first kappa shape index (κ1) is 21.4. The van der Waals surface area contributed by atoms with Crippen molar-refractivity contribution in [2.24, 2.45) is 0 Å². The van der Waals surface area contributed by atoms with E-state index in [1.54, 1.807) is 0 Å². The molecule has 1 aromatic carbocycles. The number of benzene rings is 1. The van der Waals surface area contributed by atoms with Gasteiger partial charge in [-0.1, -0.05) is 54.3 Å². The van der Waals surface area contributed by atoms with Gasteiger partial charge in [-0.3, -0.25) is 14.9 Å². The van der Waals surface area contributed by atoms with E-state index in [0.717, 1.165) is 18.7 Å². The van der Waals surface area contributed by atoms with Crippen molar-refractivity contribution in [3.8, 4) is 0 Å². The molecule has 1 amide bonds. The van der Waals surface area contributed by atoms with Crippen LogP contribution in [0, 0.1) is 0 Å². The number of fused-ring (bicyclic) bond motifs is 1. The quantitative estimate of drug-likeness (QED) is 0.703. The van der Waals surface area contributed by atoms with Crippen molar-refractivity contribution in [1.82, 2.24) is 14.9 Å². The number of anilines is 1. The van der Waals surface area contributed by atoms with Crippen LogP contribution in [0.15, 0.2) is 36.5 Å². The van der Waals surface area contributed by atoms with Gasteiger partial charge in [0.05, 0.1) is 17.0 Å². The maximum absolute atomic E-state index is 12.5. The van der Waals surface area contributed by atoms with Gasteiger partial charge in [0.1, 0.15) is 4.32 Å². The number of Topliss-reactive ketones (excluding diaryl/α,β-unsaturated/α-hetero) is 1. The lowest BCUT2D eigenvalue weighted by atomic mass is 9.82. The summed E-state index contributed by atoms with van der Waals surface area (Å²) in [6.45, 7) is 5.69. The Morgan fingerprint density at radius 3 is 2.66 bits per heavy atom. The second-order valence-electron chi connectivity index (χ2n) is 6.77. The Hall–Kier alpha value is -2.32. The van der Waals surface area contributed by atoms with Gasteiger partial charge in [0, 0.05) is 25.7 Å². The third-order valence-corrected chi connectivity index (χ3v) is 6.43. The molecule has 3 rings (SSSR count). The first-order valence-electron chi connectivity index (χ1n) is 9.67. The highest BCUT2D eigenvalue weighted by Crippen LogP contribution is 2.31. The molecule has 1 aliphatic carbocycles. The molecular formula is C21H24N4O2S2. The number of nitrogens with one attached hydrogen (secondary N) is 1. The summed E-state index contributed by atoms with van der Waals surface area (Å²) in [5, 5.41) is 2.72. The van der Waals surface area contributed by atoms with Crippen LogP contribution in [0.3, 0.4) is 0 Å². The van der Waals surface area contributed by atoms with Gasteiger partial charge in [0.2, 0.25) is 11.9 Å². The Labute approximate surface area is 180 Å². The molecular weight excluding hydrogens is 404 g/mol. The van der Waals surface area contributed by atoms with E-state index in [4.69, 9.17) is 12.2 Å². The van der Waals surface area contributed by atoms with Crippen LogP contribution < -0.4 is 5.32 Å². The minimum Gasteiger partial charge on any atom is -0.358 e. The molecule has 0 spiro atoms. The Balaban J connectivity index is 1.65. The third kappa shape index (κ3) is 5.39. The lowest BCUT2D eigenvalue weighted by molar-refractivity contribution is -0.113. The van der Waals surface area contributed by atoms with Crippen molar-refractivity contribution in [2.45, 2.75) is 32.6 Å². The molecule has 2 aromatic rings. The summed E-state index contributed by atoms with van der Waals surface area (Å²) in [5.41, 5.74) is 2.36. The molecule has 0 fully saturated rings. The summed E-state index contributed by atoms with van der Waals surface area (Å²) in [5.74, 6) is 0.340. The standard InChI is InChI=1S/C21H24N4O2S2/c1-3-25(4-2)21(28)29-13-19(27)24-20-22-12-16-17(23-20)10-15(11-18(16)26)14-8-6-5-7-9-14/h5-9,12,15H,3-4,10-11,13H2,1-2H3,(H,22,23,24,27). The highest BCUT2D eigenvalue weighted by atomic mass is 32.2. The second kappa shape index (κ2) is 9.93. The van der Waals surface area contributed by atoms with Gasteiger partial charge in [0.15, 0.2) is 5.78 Å². The first-order valence-corrected chi connectivity index (χ1v) is 11.1. The molecule has 0 aliphatic heterocycles. The van der Waals surface area contributed by atoms with Crippen molar-refractivity contribution in [3.05, 3.63) is 53.3 Å². The van der Waals surface area contributed by atoms with Gasteiger partial charge in [-0.2, -0.15) is 0 Å². The van der Waals surface area contributed by atoms with E-state index in [2.05, 4.69) is 15.3 Å². The normalized spacial score (nSPS) is 15.5. The van der Waals surface area contributed by atoms with E-state index in [9.17, 15) is 9.59 Å². The second-order valence-corrected chi connectivity index (χ2v) is 8.38. The zero-order valence-corrected chi connectivity index (χ0v) is 18.2. The van der Waals surface area contributed by atoms with Crippen molar-refractivity contribution >= 4 is 45.9 Å². The van der Waals surface area contributed by atoms with E-state index in [-0.39, 0.29) is 29.3 Å². The number of rotatable bonds is 6. The maximum atomic E-state index is 12.5. The number of carbonyl (C=O) groups is 2. The number of carbonyl (C=O) groups excluding carboxylic acids is 2. The molecule has 1 unspecified atom stereocenters. The van der Waals surface area contributed by atoms with Gasteiger partial charge in [-0.25, -0.2) is 9.97 Å². The molecule has 29 heavy (non-hydrogen) atoms. The van der Waals surface area contributed by atoms with Crippen molar-refractivity contribution < 1.29 is 9.59 Å². The van der Waals surface area contributed by atoms with Gasteiger partial charge < -0.3 is 4.90 Å².